The lowest BCUT2D eigenvalue weighted by Crippen LogP contribution is -2.13. The quantitative estimate of drug-likeness (QED) is 0.578. The highest BCUT2D eigenvalue weighted by Gasteiger charge is 2.13. The van der Waals surface area contributed by atoms with E-state index in [0.29, 0.717) is 23.5 Å². The summed E-state index contributed by atoms with van der Waals surface area (Å²) in [5, 5.41) is 7.64. The summed E-state index contributed by atoms with van der Waals surface area (Å²) in [4.78, 5) is 25.5. The Hall–Kier alpha value is -3.12. The summed E-state index contributed by atoms with van der Waals surface area (Å²) in [6.07, 6.45) is 0.816. The van der Waals surface area contributed by atoms with Gasteiger partial charge in [-0.1, -0.05) is 6.92 Å². The molecule has 0 spiro atoms. The molecule has 0 aliphatic rings. The molecule has 0 atom stereocenters. The third-order valence-electron chi connectivity index (χ3n) is 4.16. The van der Waals surface area contributed by atoms with Crippen molar-refractivity contribution in [2.75, 3.05) is 17.2 Å². The van der Waals surface area contributed by atoms with Crippen LogP contribution in [0.4, 0.5) is 11.4 Å². The van der Waals surface area contributed by atoms with Crippen LogP contribution in [0.5, 0.6) is 5.75 Å². The zero-order chi connectivity index (χ0) is 19.9. The minimum Gasteiger partial charge on any atom is -0.494 e. The van der Waals surface area contributed by atoms with Crippen LogP contribution < -0.4 is 15.4 Å². The number of hydrogen-bond acceptors (Lipinski definition) is 4. The lowest BCUT2D eigenvalue weighted by molar-refractivity contribution is 0.102. The number of hydrogen-bond donors (Lipinski definition) is 2. The van der Waals surface area contributed by atoms with Crippen LogP contribution >= 0.6 is 11.3 Å². The van der Waals surface area contributed by atoms with Crippen molar-refractivity contribution in [1.29, 1.82) is 0 Å². The molecule has 3 rings (SSSR count). The molecule has 0 bridgehead atoms. The van der Waals surface area contributed by atoms with Gasteiger partial charge in [0.1, 0.15) is 5.75 Å². The van der Waals surface area contributed by atoms with Gasteiger partial charge in [0, 0.05) is 16.9 Å². The van der Waals surface area contributed by atoms with E-state index in [1.807, 2.05) is 37.4 Å². The molecule has 0 unspecified atom stereocenters. The first kappa shape index (κ1) is 19.6. The Kier molecular flexibility index (Phi) is 6.45. The van der Waals surface area contributed by atoms with E-state index in [2.05, 4.69) is 10.6 Å². The smallest absolute Gasteiger partial charge is 0.266 e. The summed E-state index contributed by atoms with van der Waals surface area (Å²) in [6.45, 7) is 4.54. The number of aryl methyl sites for hydroxylation is 1. The molecule has 0 aliphatic carbocycles. The van der Waals surface area contributed by atoms with Crippen LogP contribution in [0.3, 0.4) is 0 Å². The third kappa shape index (κ3) is 4.78. The number of benzene rings is 2. The van der Waals surface area contributed by atoms with Gasteiger partial charge in [0.05, 0.1) is 11.5 Å². The molecule has 1 aromatic heterocycles. The van der Waals surface area contributed by atoms with Gasteiger partial charge in [0.15, 0.2) is 0 Å². The number of nitrogens with one attached hydrogen (secondary N) is 2. The van der Waals surface area contributed by atoms with E-state index < -0.39 is 0 Å². The van der Waals surface area contributed by atoms with Crippen molar-refractivity contribution in [3.63, 3.8) is 0 Å². The van der Waals surface area contributed by atoms with Crippen molar-refractivity contribution >= 4 is 34.5 Å². The van der Waals surface area contributed by atoms with E-state index in [4.69, 9.17) is 4.74 Å². The number of carbonyl (C=O) groups is 2. The normalized spacial score (nSPS) is 10.4. The Labute approximate surface area is 168 Å². The van der Waals surface area contributed by atoms with Crippen molar-refractivity contribution in [3.05, 3.63) is 76.0 Å². The van der Waals surface area contributed by atoms with Gasteiger partial charge in [-0.05, 0) is 78.9 Å². The maximum atomic E-state index is 12.4. The van der Waals surface area contributed by atoms with Crippen LogP contribution in [0.2, 0.25) is 0 Å². The standard InChI is InChI=1S/C22H22N2O3S/c1-3-15-13-14-28-20(15)22(26)24-17-7-5-16(6-8-17)21(25)23-18-9-11-19(12-10-18)27-4-2/h5-14H,3-4H2,1-2H3,(H,23,25)(H,24,26). The van der Waals surface area contributed by atoms with Gasteiger partial charge in [-0.25, -0.2) is 0 Å². The zero-order valence-electron chi connectivity index (χ0n) is 15.8. The SMILES string of the molecule is CCOc1ccc(NC(=O)c2ccc(NC(=O)c3sccc3CC)cc2)cc1. The van der Waals surface area contributed by atoms with Crippen LogP contribution in [0.25, 0.3) is 0 Å². The average Bonchev–Trinajstić information content (AvgIpc) is 3.19. The van der Waals surface area contributed by atoms with Crippen molar-refractivity contribution in [1.82, 2.24) is 0 Å². The van der Waals surface area contributed by atoms with E-state index in [1.54, 1.807) is 36.4 Å². The molecule has 0 fully saturated rings. The highest BCUT2D eigenvalue weighted by Crippen LogP contribution is 2.20. The summed E-state index contributed by atoms with van der Waals surface area (Å²) < 4.78 is 5.39. The van der Waals surface area contributed by atoms with Gasteiger partial charge < -0.3 is 15.4 Å². The average molecular weight is 394 g/mol. The molecule has 5 nitrogen and oxygen atoms in total. The fourth-order valence-electron chi connectivity index (χ4n) is 2.71. The number of anilines is 2. The molecule has 0 radical (unpaired) electrons. The maximum Gasteiger partial charge on any atom is 0.266 e. The first-order valence-electron chi connectivity index (χ1n) is 9.12. The van der Waals surface area contributed by atoms with Gasteiger partial charge >= 0.3 is 0 Å². The van der Waals surface area contributed by atoms with Crippen molar-refractivity contribution < 1.29 is 14.3 Å². The van der Waals surface area contributed by atoms with Crippen LogP contribution in [0, 0.1) is 0 Å². The second-order valence-electron chi connectivity index (χ2n) is 6.07. The molecule has 2 N–H and O–H groups in total. The number of carbonyl (C=O) groups excluding carboxylic acids is 2. The van der Waals surface area contributed by atoms with Gasteiger partial charge in [-0.15, -0.1) is 11.3 Å². The minimum atomic E-state index is -0.214. The highest BCUT2D eigenvalue weighted by atomic mass is 32.1. The fraction of sp³-hybridized carbons (Fsp3) is 0.182. The Morgan fingerprint density at radius 3 is 2.07 bits per heavy atom. The monoisotopic (exact) mass is 394 g/mol. The van der Waals surface area contributed by atoms with Crippen molar-refractivity contribution in [2.45, 2.75) is 20.3 Å². The Balaban J connectivity index is 1.61. The van der Waals surface area contributed by atoms with Gasteiger partial charge in [0.2, 0.25) is 0 Å². The number of rotatable bonds is 7. The van der Waals surface area contributed by atoms with E-state index in [9.17, 15) is 9.59 Å². The molecule has 1 heterocycles. The van der Waals surface area contributed by atoms with Crippen molar-refractivity contribution in [2.24, 2.45) is 0 Å². The van der Waals surface area contributed by atoms with Gasteiger partial charge in [0.25, 0.3) is 11.8 Å². The van der Waals surface area contributed by atoms with Gasteiger partial charge in [-0.2, -0.15) is 0 Å². The predicted octanol–water partition coefficient (Wildman–Crippen LogP) is 5.21. The summed E-state index contributed by atoms with van der Waals surface area (Å²) in [5.74, 6) is 0.421. The maximum absolute atomic E-state index is 12.4. The molecule has 28 heavy (non-hydrogen) atoms. The summed E-state index contributed by atoms with van der Waals surface area (Å²) in [6, 6.07) is 16.0. The van der Waals surface area contributed by atoms with Crippen LogP contribution in [0.15, 0.2) is 60.0 Å². The summed E-state index contributed by atoms with van der Waals surface area (Å²) in [5.41, 5.74) is 2.89. The molecule has 144 valence electrons. The van der Waals surface area contributed by atoms with Crippen LogP contribution in [-0.2, 0) is 6.42 Å². The minimum absolute atomic E-state index is 0.126. The topological polar surface area (TPSA) is 67.4 Å². The molecule has 6 heteroatoms. The van der Waals surface area contributed by atoms with E-state index in [1.165, 1.54) is 11.3 Å². The van der Waals surface area contributed by atoms with Gasteiger partial charge in [-0.3, -0.25) is 9.59 Å². The third-order valence-corrected chi connectivity index (χ3v) is 5.12. The first-order valence-corrected chi connectivity index (χ1v) is 10.0. The number of ether oxygens (including phenoxy) is 1. The molecule has 2 amide bonds. The van der Waals surface area contributed by atoms with Crippen LogP contribution in [0.1, 0.15) is 39.4 Å². The molecule has 3 aromatic rings. The molecule has 2 aromatic carbocycles. The first-order chi connectivity index (χ1) is 13.6. The van der Waals surface area contributed by atoms with Crippen molar-refractivity contribution in [3.8, 4) is 5.75 Å². The molecule has 0 saturated heterocycles. The van der Waals surface area contributed by atoms with Crippen LogP contribution in [-0.4, -0.2) is 18.4 Å². The van der Waals surface area contributed by atoms with E-state index in [0.717, 1.165) is 22.6 Å². The summed E-state index contributed by atoms with van der Waals surface area (Å²) in [7, 11) is 0. The number of amides is 2. The van der Waals surface area contributed by atoms with E-state index in [-0.39, 0.29) is 11.8 Å². The fourth-order valence-corrected chi connectivity index (χ4v) is 3.60. The molecular formula is C22H22N2O3S. The Morgan fingerprint density at radius 2 is 1.46 bits per heavy atom. The lowest BCUT2D eigenvalue weighted by Gasteiger charge is -2.09. The molecule has 0 saturated carbocycles. The molecular weight excluding hydrogens is 372 g/mol. The lowest BCUT2D eigenvalue weighted by atomic mass is 10.1. The van der Waals surface area contributed by atoms with E-state index >= 15 is 0 Å². The second-order valence-corrected chi connectivity index (χ2v) is 6.99. The highest BCUT2D eigenvalue weighted by molar-refractivity contribution is 7.12. The Bertz CT molecular complexity index is 947. The molecule has 0 aliphatic heterocycles. The predicted molar refractivity (Wildman–Crippen MR) is 114 cm³/mol. The summed E-state index contributed by atoms with van der Waals surface area (Å²) >= 11 is 1.43. The zero-order valence-corrected chi connectivity index (χ0v) is 16.6. The number of thiophene rings is 1. The Morgan fingerprint density at radius 1 is 0.857 bits per heavy atom. The largest absolute Gasteiger partial charge is 0.494 e. The second kappa shape index (κ2) is 9.19.